The number of thiol groups is 2. The third-order valence-electron chi connectivity index (χ3n) is 8.18. The molecule has 0 bridgehead atoms. The number of hydrogen-bond donors (Lipinski definition) is 5. The van der Waals surface area contributed by atoms with Crippen LogP contribution in [-0.2, 0) is 27.4 Å². The Balaban J connectivity index is 0.992. The van der Waals surface area contributed by atoms with E-state index in [1.165, 1.54) is 23.3 Å². The molecule has 0 aromatic carbocycles. The Bertz CT molecular complexity index is 2040. The first-order chi connectivity index (χ1) is 21.5. The van der Waals surface area contributed by atoms with E-state index in [0.29, 0.717) is 41.9 Å². The van der Waals surface area contributed by atoms with Crippen molar-refractivity contribution in [2.24, 2.45) is 11.8 Å². The molecule has 18 nitrogen and oxygen atoms in total. The first kappa shape index (κ1) is 30.8. The van der Waals surface area contributed by atoms with E-state index >= 15 is 0 Å². The predicted octanol–water partition coefficient (Wildman–Crippen LogP) is 2.77. The minimum absolute atomic E-state index is 0.0543. The molecule has 1 aliphatic carbocycles. The smallest absolute Gasteiger partial charge is 0.382 e. The molecule has 4 N–H and O–H groups in total. The van der Waals surface area contributed by atoms with Crippen LogP contribution in [0.3, 0.4) is 0 Å². The van der Waals surface area contributed by atoms with E-state index in [1.807, 2.05) is 4.57 Å². The molecule has 6 heterocycles. The molecule has 22 heteroatoms. The second-order valence-corrected chi connectivity index (χ2v) is 16.5. The Labute approximate surface area is 264 Å². The number of nitrogen functional groups attached to an aromatic ring is 1. The number of ether oxygens (including phenoxy) is 1. The van der Waals surface area contributed by atoms with Crippen molar-refractivity contribution in [1.29, 1.82) is 0 Å². The monoisotopic (exact) mass is 698 g/mol. The molecule has 2 aliphatic rings. The topological polar surface area (TPSA) is 229 Å². The molecule has 0 radical (unpaired) electrons. The summed E-state index contributed by atoms with van der Waals surface area (Å²) in [5, 5.41) is 0. The summed E-state index contributed by atoms with van der Waals surface area (Å²) in [4.78, 5) is 46.3. The molecule has 1 aliphatic heterocycles. The van der Waals surface area contributed by atoms with E-state index in [2.05, 4.69) is 54.4 Å². The Morgan fingerprint density at radius 1 is 1.02 bits per heavy atom. The van der Waals surface area contributed by atoms with Gasteiger partial charge in [0.05, 0.1) is 38.6 Å². The van der Waals surface area contributed by atoms with Gasteiger partial charge in [0.25, 0.3) is 5.56 Å². The lowest BCUT2D eigenvalue weighted by molar-refractivity contribution is -0.0219. The number of rotatable bonds is 11. The molecule has 0 amide bonds. The zero-order valence-electron chi connectivity index (χ0n) is 23.3. The molecule has 0 spiro atoms. The minimum Gasteiger partial charge on any atom is -0.382 e. The number of nitrogens with one attached hydrogen (secondary N) is 1. The van der Waals surface area contributed by atoms with Crippen LogP contribution in [-0.4, -0.2) is 74.3 Å². The standard InChI is InChI=1S/C23H28N10O8P2S2/c24-19-17-20(27-9-26-19)32(10-28-17)15-5-12(6-38-42(35,36)44)14(15)8-40-43(37,45)39-7-13-1-2-16(41-13)33-11-29-18-21(33)30-23-25-3-4-31(23)22(18)34/h3-4,9-16H,1-2,5-8H2,(H,25,30)(H,37,45)(H2,24,26,27)(H2,35,36,44)/t12-,13+,14-,15-,16-,43+/m1/s1. The van der Waals surface area contributed by atoms with Crippen molar-refractivity contribution >= 4 is 72.0 Å². The highest BCUT2D eigenvalue weighted by Gasteiger charge is 2.45. The SMILES string of the molecule is Nc1ncnc2c1ncn2[C@@H]1C[C@H](COP(=O)(O)S)[C@H]1CO[P@@](=O)(S)OC[C@@H]1CC[C@H](n2cnc3c(=O)n4ccnc4[nH]c32)O1. The van der Waals surface area contributed by atoms with Crippen molar-refractivity contribution in [2.45, 2.75) is 37.6 Å². The largest absolute Gasteiger partial charge is 0.386 e. The van der Waals surface area contributed by atoms with Crippen LogP contribution < -0.4 is 11.3 Å². The first-order valence-electron chi connectivity index (χ1n) is 13.8. The highest BCUT2D eigenvalue weighted by Crippen LogP contribution is 2.57. The van der Waals surface area contributed by atoms with Crippen LogP contribution >= 0.6 is 38.1 Å². The van der Waals surface area contributed by atoms with Gasteiger partial charge in [0.15, 0.2) is 17.0 Å². The second-order valence-electron chi connectivity index (χ2n) is 10.8. The molecule has 1 unspecified atom stereocenters. The maximum atomic E-state index is 13.2. The summed E-state index contributed by atoms with van der Waals surface area (Å²) < 4.78 is 52.3. The van der Waals surface area contributed by atoms with Gasteiger partial charge < -0.3 is 34.0 Å². The third kappa shape index (κ3) is 6.06. The Morgan fingerprint density at radius 3 is 2.62 bits per heavy atom. The first-order valence-corrected chi connectivity index (χ1v) is 19.2. The predicted molar refractivity (Wildman–Crippen MR) is 166 cm³/mol. The van der Waals surface area contributed by atoms with Crippen molar-refractivity contribution < 1.29 is 32.3 Å². The van der Waals surface area contributed by atoms with Crippen molar-refractivity contribution in [1.82, 2.24) is 43.4 Å². The molecule has 1 saturated heterocycles. The van der Waals surface area contributed by atoms with Crippen LogP contribution in [0.1, 0.15) is 31.5 Å². The van der Waals surface area contributed by atoms with Gasteiger partial charge in [-0.2, -0.15) is 0 Å². The maximum Gasteiger partial charge on any atom is 0.386 e. The van der Waals surface area contributed by atoms with Crippen LogP contribution in [0, 0.1) is 11.8 Å². The Morgan fingerprint density at radius 2 is 1.80 bits per heavy atom. The summed E-state index contributed by atoms with van der Waals surface area (Å²) in [6, 6.07) is -0.220. The van der Waals surface area contributed by atoms with E-state index in [1.54, 1.807) is 17.1 Å². The zero-order chi connectivity index (χ0) is 31.5. The average Bonchev–Trinajstić information content (AvgIpc) is 3.77. The Kier molecular flexibility index (Phi) is 8.07. The number of nitrogens with zero attached hydrogens (tertiary/aromatic N) is 8. The summed E-state index contributed by atoms with van der Waals surface area (Å²) >= 11 is 7.77. The van der Waals surface area contributed by atoms with Crippen LogP contribution in [0.25, 0.3) is 28.1 Å². The molecule has 5 aromatic heterocycles. The van der Waals surface area contributed by atoms with Gasteiger partial charge in [0, 0.05) is 24.4 Å². The molecular weight excluding hydrogens is 670 g/mol. The van der Waals surface area contributed by atoms with Crippen LogP contribution in [0.2, 0.25) is 0 Å². The molecule has 45 heavy (non-hydrogen) atoms. The number of aromatic nitrogens is 9. The van der Waals surface area contributed by atoms with Crippen LogP contribution in [0.15, 0.2) is 36.2 Å². The lowest BCUT2D eigenvalue weighted by Gasteiger charge is -2.45. The van der Waals surface area contributed by atoms with Gasteiger partial charge in [0.1, 0.15) is 23.7 Å². The Hall–Kier alpha value is -2.80. The number of anilines is 1. The van der Waals surface area contributed by atoms with Gasteiger partial charge >= 0.3 is 13.6 Å². The molecule has 5 aromatic rings. The maximum absolute atomic E-state index is 13.2. The van der Waals surface area contributed by atoms with E-state index in [0.717, 1.165) is 0 Å². The highest BCUT2D eigenvalue weighted by atomic mass is 32.7. The van der Waals surface area contributed by atoms with Gasteiger partial charge in [0.2, 0.25) is 5.78 Å². The van der Waals surface area contributed by atoms with Gasteiger partial charge in [-0.1, -0.05) is 24.5 Å². The summed E-state index contributed by atoms with van der Waals surface area (Å²) in [5.74, 6) is 0.0629. The highest BCUT2D eigenvalue weighted by molar-refractivity contribution is 8.44. The van der Waals surface area contributed by atoms with E-state index < -0.39 is 25.9 Å². The van der Waals surface area contributed by atoms with Gasteiger partial charge in [-0.15, -0.1) is 0 Å². The molecule has 240 valence electrons. The summed E-state index contributed by atoms with van der Waals surface area (Å²) in [5.41, 5.74) is 7.34. The number of H-pyrrole nitrogens is 1. The van der Waals surface area contributed by atoms with E-state index in [4.69, 9.17) is 24.0 Å². The molecule has 7 rings (SSSR count). The second kappa shape index (κ2) is 11.8. The third-order valence-corrected chi connectivity index (χ3v) is 10.7. The molecule has 1 saturated carbocycles. The van der Waals surface area contributed by atoms with Crippen LogP contribution in [0.5, 0.6) is 0 Å². The number of imidazole rings is 3. The number of hydrogen-bond acceptors (Lipinski definition) is 13. The van der Waals surface area contributed by atoms with E-state index in [-0.39, 0.29) is 54.6 Å². The number of aromatic amines is 1. The van der Waals surface area contributed by atoms with E-state index in [9.17, 15) is 18.8 Å². The molecular formula is C23H28N10O8P2S2. The van der Waals surface area contributed by atoms with Gasteiger partial charge in [-0.25, -0.2) is 38.5 Å². The quantitative estimate of drug-likeness (QED) is 0.0987. The normalized spacial score (nSPS) is 26.3. The lowest BCUT2D eigenvalue weighted by atomic mass is 9.70. The van der Waals surface area contributed by atoms with Gasteiger partial charge in [-0.05, 0) is 25.2 Å². The van der Waals surface area contributed by atoms with Crippen molar-refractivity contribution in [2.75, 3.05) is 25.6 Å². The minimum atomic E-state index is -4.01. The fraction of sp³-hybridized carbons (Fsp3) is 0.478. The summed E-state index contributed by atoms with van der Waals surface area (Å²) in [6.07, 6.45) is 8.38. The molecule has 2 fully saturated rings. The summed E-state index contributed by atoms with van der Waals surface area (Å²) in [6.45, 7) is -8.05. The van der Waals surface area contributed by atoms with Crippen LogP contribution in [0.4, 0.5) is 5.82 Å². The zero-order valence-corrected chi connectivity index (χ0v) is 26.8. The van der Waals surface area contributed by atoms with Crippen molar-refractivity contribution in [3.8, 4) is 0 Å². The average molecular weight is 699 g/mol. The summed E-state index contributed by atoms with van der Waals surface area (Å²) in [7, 11) is 0. The number of fused-ring (bicyclic) bond motifs is 3. The fourth-order valence-corrected chi connectivity index (χ4v) is 7.67. The number of nitrogens with two attached hydrogens (primary N) is 1. The lowest BCUT2D eigenvalue weighted by Crippen LogP contribution is -2.43. The van der Waals surface area contributed by atoms with Crippen molar-refractivity contribution in [3.05, 3.63) is 41.7 Å². The molecule has 7 atom stereocenters. The van der Waals surface area contributed by atoms with Gasteiger partial charge in [-0.3, -0.25) is 13.9 Å². The van der Waals surface area contributed by atoms with Crippen molar-refractivity contribution in [3.63, 3.8) is 0 Å². The fourth-order valence-electron chi connectivity index (χ4n) is 5.89.